The number of sulfonamides is 1. The Labute approximate surface area is 216 Å². The molecule has 0 aliphatic carbocycles. The molecule has 2 saturated heterocycles. The monoisotopic (exact) mass is 569 g/mol. The number of piperazine rings is 1. The summed E-state index contributed by atoms with van der Waals surface area (Å²) in [7, 11) is -4.22. The maximum Gasteiger partial charge on any atom is 0.266 e. The highest BCUT2D eigenvalue weighted by atomic mass is 79.9. The minimum atomic E-state index is -4.22. The summed E-state index contributed by atoms with van der Waals surface area (Å²) in [6.45, 7) is 0. The summed E-state index contributed by atoms with van der Waals surface area (Å²) in [6.07, 6.45) is -0.514. The molecule has 3 unspecified atom stereocenters. The lowest BCUT2D eigenvalue weighted by molar-refractivity contribution is -0.148. The molecule has 0 bridgehead atoms. The first-order chi connectivity index (χ1) is 17.2. The summed E-state index contributed by atoms with van der Waals surface area (Å²) in [5.41, 5.74) is 1.97. The van der Waals surface area contributed by atoms with Gasteiger partial charge < -0.3 is 10.2 Å². The molecule has 2 fully saturated rings. The molecule has 0 saturated carbocycles. The van der Waals surface area contributed by atoms with E-state index in [-0.39, 0.29) is 29.6 Å². The van der Waals surface area contributed by atoms with Crippen molar-refractivity contribution < 1.29 is 22.4 Å². The maximum absolute atomic E-state index is 14.0. The Balaban J connectivity index is 1.47. The minimum Gasteiger partial charge on any atom is -0.342 e. The van der Waals surface area contributed by atoms with E-state index in [0.29, 0.717) is 11.3 Å². The first kappa shape index (κ1) is 23.2. The molecular weight excluding hydrogens is 549 g/mol. The zero-order chi connectivity index (χ0) is 25.2. The lowest BCUT2D eigenvalue weighted by Gasteiger charge is -2.41. The normalized spacial score (nSPS) is 26.9. The van der Waals surface area contributed by atoms with Gasteiger partial charge in [0.05, 0.1) is 14.9 Å². The van der Waals surface area contributed by atoms with Gasteiger partial charge in [0.15, 0.2) is 0 Å². The van der Waals surface area contributed by atoms with Crippen LogP contribution in [-0.2, 0) is 30.4 Å². The van der Waals surface area contributed by atoms with E-state index >= 15 is 0 Å². The number of hydrogen-bond donors (Lipinski definition) is 1. The number of carbonyl (C=O) groups excluding carboxylic acids is 2. The summed E-state index contributed by atoms with van der Waals surface area (Å²) in [6, 6.07) is 19.3. The van der Waals surface area contributed by atoms with E-state index in [1.807, 2.05) is 30.3 Å². The van der Waals surface area contributed by atoms with Gasteiger partial charge >= 0.3 is 0 Å². The van der Waals surface area contributed by atoms with Crippen LogP contribution in [0.5, 0.6) is 0 Å². The Bertz CT molecular complexity index is 1480. The van der Waals surface area contributed by atoms with Gasteiger partial charge in [-0.25, -0.2) is 17.1 Å². The van der Waals surface area contributed by atoms with Gasteiger partial charge in [-0.1, -0.05) is 64.5 Å². The summed E-state index contributed by atoms with van der Waals surface area (Å²) >= 11 is 3.78. The van der Waals surface area contributed by atoms with E-state index in [2.05, 4.69) is 21.2 Å². The fraction of sp³-hybridized carbons (Fsp3) is 0.231. The number of hydrogen-bond acceptors (Lipinski definition) is 4. The summed E-state index contributed by atoms with van der Waals surface area (Å²) in [5, 5.41) is 2.85. The third-order valence-electron chi connectivity index (χ3n) is 7.14. The van der Waals surface area contributed by atoms with Crippen LogP contribution in [0.25, 0.3) is 0 Å². The Hall–Kier alpha value is -3.24. The number of carbonyl (C=O) groups is 2. The molecule has 3 aromatic carbocycles. The van der Waals surface area contributed by atoms with E-state index in [1.165, 1.54) is 21.3 Å². The average Bonchev–Trinajstić information content (AvgIpc) is 3.31. The van der Waals surface area contributed by atoms with Gasteiger partial charge in [-0.05, 0) is 41.5 Å². The van der Waals surface area contributed by atoms with Crippen LogP contribution in [-0.4, -0.2) is 43.4 Å². The number of amides is 2. The molecule has 4 atom stereocenters. The zero-order valence-corrected chi connectivity index (χ0v) is 21.2. The molecule has 2 amide bonds. The third kappa shape index (κ3) is 3.31. The molecule has 6 rings (SSSR count). The minimum absolute atomic E-state index is 0.103. The number of rotatable bonds is 4. The van der Waals surface area contributed by atoms with Gasteiger partial charge in [-0.3, -0.25) is 9.59 Å². The van der Waals surface area contributed by atoms with Crippen molar-refractivity contribution in [2.45, 2.75) is 40.3 Å². The molecule has 0 radical (unpaired) electrons. The first-order valence-electron chi connectivity index (χ1n) is 11.5. The number of nitrogens with one attached hydrogen (secondary N) is 1. The molecule has 10 heteroatoms. The van der Waals surface area contributed by atoms with Crippen molar-refractivity contribution in [3.05, 3.63) is 95.8 Å². The second-order valence-corrected chi connectivity index (χ2v) is 12.5. The highest BCUT2D eigenvalue weighted by molar-refractivity contribution is 9.09. The predicted molar refractivity (Wildman–Crippen MR) is 134 cm³/mol. The van der Waals surface area contributed by atoms with Crippen LogP contribution in [0.3, 0.4) is 0 Å². The number of halogens is 2. The lowest BCUT2D eigenvalue weighted by atomic mass is 9.95. The van der Waals surface area contributed by atoms with Gasteiger partial charge in [-0.2, -0.15) is 0 Å². The fourth-order valence-electron chi connectivity index (χ4n) is 5.54. The molecule has 0 aromatic heterocycles. The summed E-state index contributed by atoms with van der Waals surface area (Å²) < 4.78 is 41.8. The van der Waals surface area contributed by atoms with Crippen LogP contribution in [0.15, 0.2) is 83.8 Å². The molecular formula is C26H21BrFN3O4S. The average molecular weight is 570 g/mol. The van der Waals surface area contributed by atoms with Crippen LogP contribution in [0, 0.1) is 5.82 Å². The zero-order valence-electron chi connectivity index (χ0n) is 18.8. The highest BCUT2D eigenvalue weighted by Crippen LogP contribution is 2.59. The molecule has 7 nitrogen and oxygen atoms in total. The van der Waals surface area contributed by atoms with Gasteiger partial charge in [0, 0.05) is 12.8 Å². The van der Waals surface area contributed by atoms with Crippen molar-refractivity contribution in [2.24, 2.45) is 0 Å². The predicted octanol–water partition coefficient (Wildman–Crippen LogP) is 3.29. The van der Waals surface area contributed by atoms with Crippen LogP contribution < -0.4 is 9.62 Å². The SMILES string of the molecule is O=C1NC(Cc2ccccc2)C(=O)N2C1C[C@@]1(Br)c3ccccc3N(S(=O)(=O)c3ccc(F)cc3)C21. The van der Waals surface area contributed by atoms with Crippen molar-refractivity contribution in [1.29, 1.82) is 0 Å². The largest absolute Gasteiger partial charge is 0.342 e. The fourth-order valence-corrected chi connectivity index (χ4v) is 8.42. The molecule has 0 spiro atoms. The number of fused-ring (bicyclic) bond motifs is 5. The maximum atomic E-state index is 14.0. The number of nitrogens with zero attached hydrogens (tertiary/aromatic N) is 2. The van der Waals surface area contributed by atoms with Crippen LogP contribution in [0.1, 0.15) is 17.5 Å². The number of anilines is 1. The van der Waals surface area contributed by atoms with Crippen molar-refractivity contribution >= 4 is 43.5 Å². The van der Waals surface area contributed by atoms with E-state index in [0.717, 1.165) is 17.7 Å². The molecule has 1 N–H and O–H groups in total. The van der Waals surface area contributed by atoms with Crippen LogP contribution in [0.4, 0.5) is 10.1 Å². The highest BCUT2D eigenvalue weighted by Gasteiger charge is 2.66. The Morgan fingerprint density at radius 2 is 1.64 bits per heavy atom. The molecule has 3 aliphatic rings. The molecule has 184 valence electrons. The summed E-state index contributed by atoms with van der Waals surface area (Å²) in [5.74, 6) is -1.22. The Morgan fingerprint density at radius 3 is 2.36 bits per heavy atom. The Kier molecular flexibility index (Phi) is 5.24. The van der Waals surface area contributed by atoms with Crippen LogP contribution in [0.2, 0.25) is 0 Å². The van der Waals surface area contributed by atoms with Gasteiger partial charge in [-0.15, -0.1) is 0 Å². The van der Waals surface area contributed by atoms with E-state index in [9.17, 15) is 22.4 Å². The molecule has 3 heterocycles. The number of benzene rings is 3. The molecule has 36 heavy (non-hydrogen) atoms. The topological polar surface area (TPSA) is 86.8 Å². The lowest BCUT2D eigenvalue weighted by Crippen LogP contribution is -2.66. The molecule has 3 aliphatic heterocycles. The van der Waals surface area contributed by atoms with Crippen molar-refractivity contribution in [3.8, 4) is 0 Å². The second-order valence-electron chi connectivity index (χ2n) is 9.22. The first-order valence-corrected chi connectivity index (χ1v) is 13.7. The van der Waals surface area contributed by atoms with Crippen LogP contribution >= 0.6 is 15.9 Å². The second kappa shape index (κ2) is 8.14. The standard InChI is InChI=1S/C26H21BrFN3O4S/c27-26-15-22-23(32)29-20(14-16-6-2-1-3-7-16)24(33)30(22)25(26)31(21-9-5-4-8-19(21)26)36(34,35)18-12-10-17(28)11-13-18/h1-13,20,22,25H,14-15H2,(H,29,32)/t20?,22?,25?,26-/m1/s1. The third-order valence-corrected chi connectivity index (χ3v) is 10.1. The number of para-hydroxylation sites is 1. The number of alkyl halides is 1. The van der Waals surface area contributed by atoms with Gasteiger partial charge in [0.1, 0.15) is 24.1 Å². The molecule has 3 aromatic rings. The summed E-state index contributed by atoms with van der Waals surface area (Å²) in [4.78, 5) is 28.4. The van der Waals surface area contributed by atoms with Gasteiger partial charge in [0.2, 0.25) is 11.8 Å². The van der Waals surface area contributed by atoms with Crippen molar-refractivity contribution in [3.63, 3.8) is 0 Å². The van der Waals surface area contributed by atoms with E-state index < -0.39 is 38.4 Å². The van der Waals surface area contributed by atoms with Crippen molar-refractivity contribution in [2.75, 3.05) is 4.31 Å². The van der Waals surface area contributed by atoms with E-state index in [1.54, 1.807) is 24.3 Å². The Morgan fingerprint density at radius 1 is 0.972 bits per heavy atom. The van der Waals surface area contributed by atoms with E-state index in [4.69, 9.17) is 0 Å². The van der Waals surface area contributed by atoms with Gasteiger partial charge in [0.25, 0.3) is 10.0 Å². The smallest absolute Gasteiger partial charge is 0.266 e. The quantitative estimate of drug-likeness (QED) is 0.488. The van der Waals surface area contributed by atoms with Crippen molar-refractivity contribution in [1.82, 2.24) is 10.2 Å².